The molecule has 0 aliphatic carbocycles. The molecule has 2 heterocycles. The zero-order valence-corrected chi connectivity index (χ0v) is 18.0. The van der Waals surface area contributed by atoms with Gasteiger partial charge in [-0.3, -0.25) is 0 Å². The second kappa shape index (κ2) is 8.22. The molecule has 8 nitrogen and oxygen atoms in total. The van der Waals surface area contributed by atoms with Crippen molar-refractivity contribution in [3.8, 4) is 11.5 Å². The van der Waals surface area contributed by atoms with E-state index < -0.39 is 11.6 Å². The summed E-state index contributed by atoms with van der Waals surface area (Å²) in [6.45, 7) is 7.88. The van der Waals surface area contributed by atoms with E-state index in [1.807, 2.05) is 75.4 Å². The molecular weight excluding hydrogens is 394 g/mol. The maximum atomic E-state index is 12.2. The van der Waals surface area contributed by atoms with Crippen molar-refractivity contribution in [1.29, 1.82) is 0 Å². The third-order valence-corrected chi connectivity index (χ3v) is 4.98. The van der Waals surface area contributed by atoms with Crippen molar-refractivity contribution in [3.63, 3.8) is 0 Å². The van der Waals surface area contributed by atoms with Gasteiger partial charge in [-0.25, -0.2) is 9.69 Å². The Labute approximate surface area is 181 Å². The molecular formula is C23H25N5O3. The third kappa shape index (κ3) is 4.58. The molecule has 4 rings (SSSR count). The quantitative estimate of drug-likeness (QED) is 0.609. The van der Waals surface area contributed by atoms with Crippen LogP contribution in [0.15, 0.2) is 54.6 Å². The predicted molar refractivity (Wildman–Crippen MR) is 117 cm³/mol. The first-order chi connectivity index (χ1) is 14.8. The molecule has 0 spiro atoms. The number of para-hydroxylation sites is 1. The van der Waals surface area contributed by atoms with Gasteiger partial charge in [0, 0.05) is 0 Å². The minimum atomic E-state index is -0.525. The van der Waals surface area contributed by atoms with Gasteiger partial charge >= 0.3 is 6.09 Å². The zero-order chi connectivity index (χ0) is 22.0. The highest BCUT2D eigenvalue weighted by atomic mass is 16.6. The van der Waals surface area contributed by atoms with E-state index in [1.165, 1.54) is 4.90 Å². The molecule has 1 aliphatic rings. The van der Waals surface area contributed by atoms with Crippen LogP contribution in [0.3, 0.4) is 0 Å². The molecule has 0 unspecified atom stereocenters. The largest absolute Gasteiger partial charge is 0.457 e. The first-order valence-electron chi connectivity index (χ1n) is 10.1. The van der Waals surface area contributed by atoms with Crippen LogP contribution in [-0.4, -0.2) is 33.2 Å². The van der Waals surface area contributed by atoms with Gasteiger partial charge in [-0.1, -0.05) is 30.3 Å². The van der Waals surface area contributed by atoms with E-state index in [-0.39, 0.29) is 18.6 Å². The van der Waals surface area contributed by atoms with Crippen molar-refractivity contribution in [1.82, 2.24) is 15.0 Å². The number of rotatable bonds is 6. The van der Waals surface area contributed by atoms with Crippen molar-refractivity contribution in [3.05, 3.63) is 66.0 Å². The van der Waals surface area contributed by atoms with Crippen LogP contribution < -0.4 is 15.0 Å². The molecule has 1 aromatic heterocycles. The lowest BCUT2D eigenvalue weighted by atomic mass is 10.1. The van der Waals surface area contributed by atoms with Gasteiger partial charge in [0.15, 0.2) is 0 Å². The molecule has 1 saturated heterocycles. The number of hydrogen-bond donors (Lipinski definition) is 1. The maximum Gasteiger partial charge on any atom is 0.417 e. The van der Waals surface area contributed by atoms with Gasteiger partial charge in [-0.05, 0) is 57.5 Å². The van der Waals surface area contributed by atoms with Gasteiger partial charge in [-0.2, -0.15) is 15.0 Å². The molecule has 0 saturated carbocycles. The number of carbonyl (C=O) groups is 1. The summed E-state index contributed by atoms with van der Waals surface area (Å²) in [6.07, 6.45) is -0.455. The van der Waals surface area contributed by atoms with E-state index in [0.717, 1.165) is 17.1 Å². The van der Waals surface area contributed by atoms with Crippen LogP contribution in [0.5, 0.6) is 11.5 Å². The van der Waals surface area contributed by atoms with Crippen molar-refractivity contribution in [2.75, 3.05) is 16.8 Å². The SMILES string of the molecule is Cc1nc(N[C@@H](C)c2ccc(Oc3ccccc3)cc2)nc(N2C(=O)OCC2(C)C)n1. The second-order valence-corrected chi connectivity index (χ2v) is 8.06. The highest BCUT2D eigenvalue weighted by Gasteiger charge is 2.43. The Kier molecular flexibility index (Phi) is 5.46. The van der Waals surface area contributed by atoms with Crippen LogP contribution >= 0.6 is 0 Å². The summed E-state index contributed by atoms with van der Waals surface area (Å²) in [4.78, 5) is 26.8. The van der Waals surface area contributed by atoms with Crippen LogP contribution in [-0.2, 0) is 4.74 Å². The van der Waals surface area contributed by atoms with Gasteiger partial charge in [0.05, 0.1) is 11.6 Å². The van der Waals surface area contributed by atoms with Crippen LogP contribution in [0.25, 0.3) is 0 Å². The number of benzene rings is 2. The Bertz CT molecular complexity index is 1070. The van der Waals surface area contributed by atoms with E-state index in [2.05, 4.69) is 20.3 Å². The second-order valence-electron chi connectivity index (χ2n) is 8.06. The fraction of sp³-hybridized carbons (Fsp3) is 0.304. The van der Waals surface area contributed by atoms with E-state index >= 15 is 0 Å². The van der Waals surface area contributed by atoms with Gasteiger partial charge in [-0.15, -0.1) is 0 Å². The Hall–Kier alpha value is -3.68. The summed E-state index contributed by atoms with van der Waals surface area (Å²) in [5, 5.41) is 3.29. The van der Waals surface area contributed by atoms with E-state index in [9.17, 15) is 4.79 Å². The monoisotopic (exact) mass is 419 g/mol. The van der Waals surface area contributed by atoms with Crippen molar-refractivity contribution in [2.24, 2.45) is 0 Å². The van der Waals surface area contributed by atoms with E-state index in [0.29, 0.717) is 11.8 Å². The van der Waals surface area contributed by atoms with Crippen LogP contribution in [0.4, 0.5) is 16.7 Å². The smallest absolute Gasteiger partial charge is 0.417 e. The van der Waals surface area contributed by atoms with Crippen LogP contribution in [0.2, 0.25) is 0 Å². The molecule has 1 atom stereocenters. The molecule has 0 bridgehead atoms. The maximum absolute atomic E-state index is 12.2. The number of cyclic esters (lactones) is 1. The molecule has 31 heavy (non-hydrogen) atoms. The number of amides is 1. The molecule has 2 aromatic carbocycles. The number of nitrogens with zero attached hydrogens (tertiary/aromatic N) is 4. The highest BCUT2D eigenvalue weighted by Crippen LogP contribution is 2.29. The summed E-state index contributed by atoms with van der Waals surface area (Å²) >= 11 is 0. The lowest BCUT2D eigenvalue weighted by Gasteiger charge is -2.26. The Morgan fingerprint density at radius 2 is 1.71 bits per heavy atom. The van der Waals surface area contributed by atoms with Crippen molar-refractivity contribution in [2.45, 2.75) is 39.3 Å². The predicted octanol–water partition coefficient (Wildman–Crippen LogP) is 4.88. The molecule has 0 radical (unpaired) electrons. The number of carbonyl (C=O) groups excluding carboxylic acids is 1. The minimum Gasteiger partial charge on any atom is -0.457 e. The molecule has 160 valence electrons. The van der Waals surface area contributed by atoms with Gasteiger partial charge < -0.3 is 14.8 Å². The highest BCUT2D eigenvalue weighted by molar-refractivity contribution is 5.89. The Morgan fingerprint density at radius 3 is 2.35 bits per heavy atom. The lowest BCUT2D eigenvalue weighted by molar-refractivity contribution is 0.175. The van der Waals surface area contributed by atoms with Crippen LogP contribution in [0, 0.1) is 6.92 Å². The number of aryl methyl sites for hydroxylation is 1. The molecule has 1 aliphatic heterocycles. The summed E-state index contributed by atoms with van der Waals surface area (Å²) in [7, 11) is 0. The van der Waals surface area contributed by atoms with E-state index in [4.69, 9.17) is 9.47 Å². The molecule has 1 N–H and O–H groups in total. The van der Waals surface area contributed by atoms with Crippen LogP contribution in [0.1, 0.15) is 38.2 Å². The standard InChI is InChI=1S/C23H25N5O3/c1-15(17-10-12-19(13-11-17)31-18-8-6-5-7-9-18)24-20-25-16(2)26-21(27-20)28-22(29)30-14-23(28,3)4/h5-13,15H,14H2,1-4H3,(H,24,25,26,27)/t15-/m0/s1. The number of hydrogen-bond acceptors (Lipinski definition) is 7. The summed E-state index contributed by atoms with van der Waals surface area (Å²) in [5.41, 5.74) is 0.517. The molecule has 8 heteroatoms. The molecule has 1 fully saturated rings. The van der Waals surface area contributed by atoms with E-state index in [1.54, 1.807) is 6.92 Å². The normalized spacial score (nSPS) is 16.0. The van der Waals surface area contributed by atoms with Crippen molar-refractivity contribution >= 4 is 18.0 Å². The third-order valence-electron chi connectivity index (χ3n) is 4.98. The number of nitrogens with one attached hydrogen (secondary N) is 1. The number of ether oxygens (including phenoxy) is 2. The van der Waals surface area contributed by atoms with Gasteiger partial charge in [0.1, 0.15) is 23.9 Å². The van der Waals surface area contributed by atoms with Gasteiger partial charge in [0.2, 0.25) is 11.9 Å². The summed E-state index contributed by atoms with van der Waals surface area (Å²) < 4.78 is 11.0. The van der Waals surface area contributed by atoms with Gasteiger partial charge in [0.25, 0.3) is 0 Å². The topological polar surface area (TPSA) is 89.5 Å². The summed E-state index contributed by atoms with van der Waals surface area (Å²) in [5.74, 6) is 2.74. The first-order valence-corrected chi connectivity index (χ1v) is 10.1. The first kappa shape index (κ1) is 20.6. The Morgan fingerprint density at radius 1 is 1.03 bits per heavy atom. The lowest BCUT2D eigenvalue weighted by Crippen LogP contribution is -2.43. The minimum absolute atomic E-state index is 0.0704. The number of aromatic nitrogens is 3. The Balaban J connectivity index is 1.49. The number of anilines is 2. The zero-order valence-electron chi connectivity index (χ0n) is 18.0. The average Bonchev–Trinajstić information content (AvgIpc) is 3.01. The molecule has 3 aromatic rings. The average molecular weight is 419 g/mol. The fourth-order valence-electron chi connectivity index (χ4n) is 3.33. The fourth-order valence-corrected chi connectivity index (χ4v) is 3.33. The summed E-state index contributed by atoms with van der Waals surface area (Å²) in [6, 6.07) is 17.4. The van der Waals surface area contributed by atoms with Crippen molar-refractivity contribution < 1.29 is 14.3 Å². The molecule has 1 amide bonds.